The molecule has 0 bridgehead atoms. The summed E-state index contributed by atoms with van der Waals surface area (Å²) in [5.41, 5.74) is 2.33. The highest BCUT2D eigenvalue weighted by Crippen LogP contribution is 2.39. The zero-order chi connectivity index (χ0) is 22.3. The van der Waals surface area contributed by atoms with Crippen LogP contribution in [0.2, 0.25) is 5.02 Å². The summed E-state index contributed by atoms with van der Waals surface area (Å²) < 4.78 is 52.9. The van der Waals surface area contributed by atoms with E-state index in [-0.39, 0.29) is 18.9 Å². The second kappa shape index (κ2) is 8.56. The largest absolute Gasteiger partial charge is 0.394 e. The molecule has 0 spiro atoms. The molecule has 1 aliphatic heterocycles. The molecule has 2 atom stereocenters. The van der Waals surface area contributed by atoms with Gasteiger partial charge in [-0.05, 0) is 30.2 Å². The fraction of sp³-hybridized carbons (Fsp3) is 0.421. The van der Waals surface area contributed by atoms with Gasteiger partial charge in [0.25, 0.3) is 12.9 Å². The van der Waals surface area contributed by atoms with Crippen molar-refractivity contribution in [3.63, 3.8) is 0 Å². The lowest BCUT2D eigenvalue weighted by Crippen LogP contribution is -2.39. The molecule has 0 amide bonds. The Morgan fingerprint density at radius 2 is 1.81 bits per heavy atom. The molecular formula is C19H18ClF4N5O2. The summed E-state index contributed by atoms with van der Waals surface area (Å²) in [6, 6.07) is 4.59. The lowest BCUT2D eigenvalue weighted by Gasteiger charge is -2.37. The summed E-state index contributed by atoms with van der Waals surface area (Å²) in [5.74, 6) is -2.43. The smallest absolute Gasteiger partial charge is 0.297 e. The summed E-state index contributed by atoms with van der Waals surface area (Å²) in [7, 11) is 0. The summed E-state index contributed by atoms with van der Waals surface area (Å²) >= 11 is 6.11. The van der Waals surface area contributed by atoms with Crippen molar-refractivity contribution in [1.29, 1.82) is 0 Å². The van der Waals surface area contributed by atoms with Gasteiger partial charge < -0.3 is 20.1 Å². The molecule has 0 unspecified atom stereocenters. The molecular weight excluding hydrogens is 442 g/mol. The number of hydrogen-bond acceptors (Lipinski definition) is 6. The van der Waals surface area contributed by atoms with E-state index in [1.165, 1.54) is 4.90 Å². The number of anilines is 1. The number of nitrogens with zero attached hydrogens (tertiary/aromatic N) is 4. The van der Waals surface area contributed by atoms with Crippen LogP contribution in [0.25, 0.3) is 10.9 Å². The second-order valence-electron chi connectivity index (χ2n) is 7.19. The van der Waals surface area contributed by atoms with E-state index < -0.39 is 43.3 Å². The molecule has 31 heavy (non-hydrogen) atoms. The standard InChI is InChI=1S/C19H18ClF4N5O2/c20-8-1-2-12-11(5-8)10-3-4-29(13(14(10)25-12)6-9(31)7-30)19-27-17(15(21)22)26-18(28-19)16(23)24/h1-2,5,9,13,15-16,25,30-31H,3-4,6-7H2/t9-,13-/m1/s1. The van der Waals surface area contributed by atoms with Crippen LogP contribution in [0.15, 0.2) is 18.2 Å². The van der Waals surface area contributed by atoms with Crippen LogP contribution < -0.4 is 4.90 Å². The molecule has 4 rings (SSSR count). The number of hydrogen-bond donors (Lipinski definition) is 3. The molecule has 1 aliphatic rings. The van der Waals surface area contributed by atoms with Gasteiger partial charge in [0.05, 0.1) is 18.8 Å². The Bertz CT molecular complexity index is 1070. The maximum Gasteiger partial charge on any atom is 0.297 e. The van der Waals surface area contributed by atoms with Crippen LogP contribution in [0, 0.1) is 0 Å². The Morgan fingerprint density at radius 1 is 1.13 bits per heavy atom. The van der Waals surface area contributed by atoms with E-state index >= 15 is 0 Å². The third-order valence-corrected chi connectivity index (χ3v) is 5.46. The fourth-order valence-corrected chi connectivity index (χ4v) is 4.05. The number of aliphatic hydroxyl groups is 2. The number of alkyl halides is 4. The number of aliphatic hydroxyl groups excluding tert-OH is 2. The molecule has 0 aliphatic carbocycles. The molecule has 3 heterocycles. The minimum absolute atomic E-state index is 0.0102. The summed E-state index contributed by atoms with van der Waals surface area (Å²) in [6.45, 7) is -0.321. The predicted molar refractivity (Wildman–Crippen MR) is 105 cm³/mol. The van der Waals surface area contributed by atoms with E-state index in [0.717, 1.165) is 16.5 Å². The van der Waals surface area contributed by atoms with Crippen LogP contribution in [0.4, 0.5) is 23.5 Å². The van der Waals surface area contributed by atoms with Crippen LogP contribution in [0.5, 0.6) is 0 Å². The first-order chi connectivity index (χ1) is 14.8. The Balaban J connectivity index is 1.84. The summed E-state index contributed by atoms with van der Waals surface area (Å²) in [5, 5.41) is 20.8. The van der Waals surface area contributed by atoms with E-state index in [2.05, 4.69) is 19.9 Å². The normalized spacial score (nSPS) is 17.6. The first kappa shape index (κ1) is 21.7. The minimum atomic E-state index is -3.16. The molecule has 166 valence electrons. The Kier molecular flexibility index (Phi) is 6.00. The van der Waals surface area contributed by atoms with E-state index in [9.17, 15) is 27.8 Å². The van der Waals surface area contributed by atoms with Crippen molar-refractivity contribution in [1.82, 2.24) is 19.9 Å². The number of H-pyrrole nitrogens is 1. The molecule has 2 aromatic heterocycles. The number of rotatable bonds is 6. The lowest BCUT2D eigenvalue weighted by molar-refractivity contribution is 0.0806. The molecule has 3 aromatic rings. The van der Waals surface area contributed by atoms with Crippen molar-refractivity contribution in [2.45, 2.75) is 37.8 Å². The van der Waals surface area contributed by atoms with E-state index in [4.69, 9.17) is 11.6 Å². The highest BCUT2D eigenvalue weighted by molar-refractivity contribution is 6.31. The SMILES string of the molecule is OC[C@H](O)C[C@@H]1c2[nH]c3ccc(Cl)cc3c2CCN1c1nc(C(F)F)nc(C(F)F)n1. The predicted octanol–water partition coefficient (Wildman–Crippen LogP) is 3.73. The molecule has 0 fully saturated rings. The zero-order valence-electron chi connectivity index (χ0n) is 15.9. The van der Waals surface area contributed by atoms with Crippen LogP contribution in [0.3, 0.4) is 0 Å². The van der Waals surface area contributed by atoms with Gasteiger partial charge in [-0.25, -0.2) is 22.5 Å². The van der Waals surface area contributed by atoms with Crippen molar-refractivity contribution in [3.05, 3.63) is 46.1 Å². The van der Waals surface area contributed by atoms with Crippen LogP contribution >= 0.6 is 11.6 Å². The van der Waals surface area contributed by atoms with Gasteiger partial charge in [-0.1, -0.05) is 11.6 Å². The number of halogens is 5. The quantitative estimate of drug-likeness (QED) is 0.486. The van der Waals surface area contributed by atoms with E-state index in [0.29, 0.717) is 17.1 Å². The van der Waals surface area contributed by atoms with Gasteiger partial charge in [0.15, 0.2) is 0 Å². The van der Waals surface area contributed by atoms with Gasteiger partial charge in [0.2, 0.25) is 17.6 Å². The fourth-order valence-electron chi connectivity index (χ4n) is 3.88. The molecule has 1 aromatic carbocycles. The number of aromatic nitrogens is 4. The minimum Gasteiger partial charge on any atom is -0.394 e. The van der Waals surface area contributed by atoms with E-state index in [1.54, 1.807) is 18.2 Å². The second-order valence-corrected chi connectivity index (χ2v) is 7.63. The van der Waals surface area contributed by atoms with E-state index in [1.807, 2.05) is 0 Å². The van der Waals surface area contributed by atoms with Crippen molar-refractivity contribution < 1.29 is 27.8 Å². The van der Waals surface area contributed by atoms with Crippen LogP contribution in [0.1, 0.15) is 48.2 Å². The average Bonchev–Trinajstić information content (AvgIpc) is 3.11. The number of aromatic amines is 1. The van der Waals surface area contributed by atoms with Gasteiger partial charge in [-0.2, -0.15) is 9.97 Å². The number of benzene rings is 1. The molecule has 0 radical (unpaired) electrons. The third-order valence-electron chi connectivity index (χ3n) is 5.22. The third kappa shape index (κ3) is 4.17. The lowest BCUT2D eigenvalue weighted by atomic mass is 9.94. The monoisotopic (exact) mass is 459 g/mol. The molecule has 12 heteroatoms. The topological polar surface area (TPSA) is 98.2 Å². The molecule has 7 nitrogen and oxygen atoms in total. The number of fused-ring (bicyclic) bond motifs is 3. The Labute approximate surface area is 178 Å². The average molecular weight is 460 g/mol. The highest BCUT2D eigenvalue weighted by Gasteiger charge is 2.35. The van der Waals surface area contributed by atoms with Crippen LogP contribution in [-0.4, -0.2) is 49.4 Å². The highest BCUT2D eigenvalue weighted by atomic mass is 35.5. The van der Waals surface area contributed by atoms with Crippen molar-refractivity contribution in [3.8, 4) is 0 Å². The maximum absolute atomic E-state index is 13.2. The molecule has 0 saturated carbocycles. The number of nitrogens with one attached hydrogen (secondary N) is 1. The Hall–Kier alpha value is -2.50. The van der Waals surface area contributed by atoms with Crippen molar-refractivity contribution in [2.75, 3.05) is 18.1 Å². The van der Waals surface area contributed by atoms with Gasteiger partial charge in [0.1, 0.15) is 0 Å². The van der Waals surface area contributed by atoms with Gasteiger partial charge >= 0.3 is 0 Å². The van der Waals surface area contributed by atoms with Crippen molar-refractivity contribution >= 4 is 28.5 Å². The van der Waals surface area contributed by atoms with Crippen molar-refractivity contribution in [2.24, 2.45) is 0 Å². The molecule has 0 saturated heterocycles. The summed E-state index contributed by atoms with van der Waals surface area (Å²) in [6.07, 6.45) is -7.03. The van der Waals surface area contributed by atoms with Gasteiger partial charge in [0, 0.05) is 34.6 Å². The first-order valence-corrected chi connectivity index (χ1v) is 9.84. The van der Waals surface area contributed by atoms with Gasteiger partial charge in [-0.3, -0.25) is 0 Å². The summed E-state index contributed by atoms with van der Waals surface area (Å²) in [4.78, 5) is 15.3. The Morgan fingerprint density at radius 3 is 2.42 bits per heavy atom. The van der Waals surface area contributed by atoms with Crippen LogP contribution in [-0.2, 0) is 6.42 Å². The first-order valence-electron chi connectivity index (χ1n) is 9.46. The maximum atomic E-state index is 13.2. The zero-order valence-corrected chi connectivity index (χ0v) is 16.7. The molecule has 3 N–H and O–H groups in total. The van der Waals surface area contributed by atoms with Gasteiger partial charge in [-0.15, -0.1) is 0 Å².